The van der Waals surface area contributed by atoms with Crippen LogP contribution >= 0.6 is 12.9 Å². The molecule has 0 rings (SSSR count). The van der Waals surface area contributed by atoms with Crippen molar-refractivity contribution in [3.63, 3.8) is 0 Å². The first-order chi connectivity index (χ1) is 5.48. The van der Waals surface area contributed by atoms with Crippen molar-refractivity contribution in [3.05, 3.63) is 0 Å². The molecule has 1 N–H and O–H groups in total. The van der Waals surface area contributed by atoms with E-state index in [1.165, 1.54) is 6.42 Å². The predicted octanol–water partition coefficient (Wildman–Crippen LogP) is 2.26. The Morgan fingerprint density at radius 2 is 2.00 bits per heavy atom. The maximum Gasteiger partial charge on any atom is 0.0787 e. The minimum absolute atomic E-state index is 0.0383. The summed E-state index contributed by atoms with van der Waals surface area (Å²) in [7, 11) is 0. The molecule has 0 spiro atoms. The highest BCUT2D eigenvalue weighted by Crippen LogP contribution is 2.05. The Morgan fingerprint density at radius 1 is 1.42 bits per heavy atom. The molecule has 74 valence electrons. The summed E-state index contributed by atoms with van der Waals surface area (Å²) in [6.07, 6.45) is 1.20. The van der Waals surface area contributed by atoms with Gasteiger partial charge in [-0.15, -0.1) is 0 Å². The normalized spacial score (nSPS) is 12.5. The lowest BCUT2D eigenvalue weighted by atomic mass is 10.1. The minimum Gasteiger partial charge on any atom is -0.317 e. The Morgan fingerprint density at radius 3 is 2.42 bits per heavy atom. The Labute approximate surface area is 81.7 Å². The molecular weight excluding hydrogens is 170 g/mol. The number of hydrogen-bond donors (Lipinski definition) is 2. The van der Waals surface area contributed by atoms with Crippen LogP contribution in [-0.2, 0) is 4.18 Å². The lowest BCUT2D eigenvalue weighted by Crippen LogP contribution is -2.43. The molecule has 0 amide bonds. The first-order valence-electron chi connectivity index (χ1n) is 4.49. The van der Waals surface area contributed by atoms with Gasteiger partial charge in [-0.2, -0.15) is 0 Å². The van der Waals surface area contributed by atoms with E-state index in [-0.39, 0.29) is 5.54 Å². The van der Waals surface area contributed by atoms with E-state index in [2.05, 4.69) is 45.9 Å². The van der Waals surface area contributed by atoms with Crippen LogP contribution in [0.15, 0.2) is 0 Å². The van der Waals surface area contributed by atoms with Gasteiger partial charge in [-0.05, 0) is 45.6 Å². The van der Waals surface area contributed by atoms with E-state index in [1.807, 2.05) is 0 Å². The fourth-order valence-electron chi connectivity index (χ4n) is 0.912. The van der Waals surface area contributed by atoms with Crippen molar-refractivity contribution in [1.29, 1.82) is 0 Å². The lowest BCUT2D eigenvalue weighted by molar-refractivity contribution is 0.237. The van der Waals surface area contributed by atoms with Crippen LogP contribution in [0.1, 0.15) is 34.1 Å². The maximum absolute atomic E-state index is 4.80. The highest BCUT2D eigenvalue weighted by Gasteiger charge is 2.16. The second-order valence-corrected chi connectivity index (χ2v) is 4.52. The third kappa shape index (κ3) is 6.95. The molecule has 0 saturated heterocycles. The average Bonchev–Trinajstić information content (AvgIpc) is 1.85. The lowest BCUT2D eigenvalue weighted by Gasteiger charge is -2.25. The minimum atomic E-state index is 0.0383. The topological polar surface area (TPSA) is 21.3 Å². The van der Waals surface area contributed by atoms with Gasteiger partial charge in [0.2, 0.25) is 0 Å². The predicted molar refractivity (Wildman–Crippen MR) is 56.5 cm³/mol. The molecule has 0 heterocycles. The first kappa shape index (κ1) is 12.3. The van der Waals surface area contributed by atoms with Crippen LogP contribution < -0.4 is 5.32 Å². The van der Waals surface area contributed by atoms with Crippen molar-refractivity contribution in [3.8, 4) is 0 Å². The van der Waals surface area contributed by atoms with Gasteiger partial charge in [-0.3, -0.25) is 0 Å². The van der Waals surface area contributed by atoms with Gasteiger partial charge in [-0.1, -0.05) is 13.8 Å². The Hall–Kier alpha value is 0.270. The molecule has 0 fully saturated rings. The molecular formula is C9H21NOS. The van der Waals surface area contributed by atoms with Gasteiger partial charge in [0.25, 0.3) is 0 Å². The molecule has 0 aliphatic carbocycles. The van der Waals surface area contributed by atoms with Crippen LogP contribution in [0.25, 0.3) is 0 Å². The molecule has 0 aromatic heterocycles. The third-order valence-corrected chi connectivity index (χ3v) is 1.88. The number of nitrogens with one attached hydrogen (secondary N) is 1. The standard InChI is InChI=1S/C9H21NOS/c1-8(2)5-6-10-9(3,4)7-11-12/h8,10,12H,5-7H2,1-4H3. The second kappa shape index (κ2) is 5.84. The van der Waals surface area contributed by atoms with Gasteiger partial charge < -0.3 is 9.50 Å². The van der Waals surface area contributed by atoms with Crippen LogP contribution in [-0.4, -0.2) is 18.7 Å². The van der Waals surface area contributed by atoms with E-state index < -0.39 is 0 Å². The van der Waals surface area contributed by atoms with Crippen LogP contribution in [0.3, 0.4) is 0 Å². The molecule has 0 saturated carbocycles. The monoisotopic (exact) mass is 191 g/mol. The summed E-state index contributed by atoms with van der Waals surface area (Å²) in [6, 6.07) is 0. The van der Waals surface area contributed by atoms with Crippen molar-refractivity contribution >= 4 is 12.9 Å². The molecule has 2 nitrogen and oxygen atoms in total. The van der Waals surface area contributed by atoms with Crippen molar-refractivity contribution < 1.29 is 4.18 Å². The Kier molecular flexibility index (Phi) is 5.97. The molecule has 3 heteroatoms. The summed E-state index contributed by atoms with van der Waals surface area (Å²) in [5, 5.41) is 3.42. The second-order valence-electron chi connectivity index (χ2n) is 4.27. The molecule has 0 unspecified atom stereocenters. The van der Waals surface area contributed by atoms with Gasteiger partial charge >= 0.3 is 0 Å². The molecule has 0 atom stereocenters. The largest absolute Gasteiger partial charge is 0.317 e. The van der Waals surface area contributed by atoms with Crippen molar-refractivity contribution in [2.24, 2.45) is 5.92 Å². The molecule has 0 aromatic rings. The third-order valence-electron chi connectivity index (χ3n) is 1.75. The first-order valence-corrected chi connectivity index (χ1v) is 4.86. The summed E-state index contributed by atoms with van der Waals surface area (Å²) >= 11 is 3.74. The van der Waals surface area contributed by atoms with E-state index in [1.54, 1.807) is 0 Å². The van der Waals surface area contributed by atoms with Crippen molar-refractivity contribution in [2.75, 3.05) is 13.2 Å². The average molecular weight is 191 g/mol. The van der Waals surface area contributed by atoms with Crippen molar-refractivity contribution in [1.82, 2.24) is 5.32 Å². The summed E-state index contributed by atoms with van der Waals surface area (Å²) in [5.74, 6) is 0.755. The Balaban J connectivity index is 3.46. The summed E-state index contributed by atoms with van der Waals surface area (Å²) in [6.45, 7) is 10.4. The fraction of sp³-hybridized carbons (Fsp3) is 1.00. The number of rotatable bonds is 6. The maximum atomic E-state index is 4.80. The summed E-state index contributed by atoms with van der Waals surface area (Å²) < 4.78 is 4.80. The molecule has 12 heavy (non-hydrogen) atoms. The quantitative estimate of drug-likeness (QED) is 0.496. The van der Waals surface area contributed by atoms with Gasteiger partial charge in [0.05, 0.1) is 6.61 Å². The number of hydrogen-bond acceptors (Lipinski definition) is 3. The van der Waals surface area contributed by atoms with Crippen LogP contribution in [0.2, 0.25) is 0 Å². The van der Waals surface area contributed by atoms with Crippen molar-refractivity contribution in [2.45, 2.75) is 39.7 Å². The molecule has 0 aliphatic rings. The summed E-state index contributed by atoms with van der Waals surface area (Å²) in [5.41, 5.74) is 0.0383. The highest BCUT2D eigenvalue weighted by molar-refractivity contribution is 7.75. The van der Waals surface area contributed by atoms with E-state index in [4.69, 9.17) is 4.18 Å². The Bertz CT molecular complexity index is 115. The molecule has 0 radical (unpaired) electrons. The van der Waals surface area contributed by atoms with Gasteiger partial charge in [0.15, 0.2) is 0 Å². The van der Waals surface area contributed by atoms with Crippen LogP contribution in [0.4, 0.5) is 0 Å². The van der Waals surface area contributed by atoms with E-state index in [0.29, 0.717) is 6.61 Å². The summed E-state index contributed by atoms with van der Waals surface area (Å²) in [4.78, 5) is 0. The fourth-order valence-corrected chi connectivity index (χ4v) is 1.23. The van der Waals surface area contributed by atoms with E-state index in [9.17, 15) is 0 Å². The zero-order chi connectivity index (χ0) is 9.61. The zero-order valence-electron chi connectivity index (χ0n) is 8.55. The van der Waals surface area contributed by atoms with Crippen LogP contribution in [0.5, 0.6) is 0 Å². The smallest absolute Gasteiger partial charge is 0.0787 e. The SMILES string of the molecule is CC(C)CCNC(C)(C)COS. The molecule has 0 bridgehead atoms. The van der Waals surface area contributed by atoms with E-state index >= 15 is 0 Å². The molecule has 0 aromatic carbocycles. The van der Waals surface area contributed by atoms with E-state index in [0.717, 1.165) is 12.5 Å². The van der Waals surface area contributed by atoms with Crippen LogP contribution in [0, 0.1) is 5.92 Å². The van der Waals surface area contributed by atoms with Gasteiger partial charge in [0, 0.05) is 5.54 Å². The number of thiol groups is 1. The van der Waals surface area contributed by atoms with Gasteiger partial charge in [0.1, 0.15) is 0 Å². The molecule has 0 aliphatic heterocycles. The van der Waals surface area contributed by atoms with Gasteiger partial charge in [-0.25, -0.2) is 0 Å². The zero-order valence-corrected chi connectivity index (χ0v) is 9.45. The highest BCUT2D eigenvalue weighted by atomic mass is 32.1.